The van der Waals surface area contributed by atoms with Gasteiger partial charge < -0.3 is 10.6 Å². The Morgan fingerprint density at radius 1 is 1.21 bits per heavy atom. The van der Waals surface area contributed by atoms with Gasteiger partial charge in [-0.3, -0.25) is 4.79 Å². The first kappa shape index (κ1) is 16.6. The summed E-state index contributed by atoms with van der Waals surface area (Å²) in [6, 6.07) is 3.95. The first-order chi connectivity index (χ1) is 8.61. The fourth-order valence-corrected chi connectivity index (χ4v) is 3.06. The molecule has 0 fully saturated rings. The van der Waals surface area contributed by atoms with Gasteiger partial charge in [-0.05, 0) is 68.7 Å². The quantitative estimate of drug-likeness (QED) is 0.678. The molecule has 0 aliphatic heterocycles. The number of carbonyl (C=O) groups excluding carboxylic acids is 1. The Labute approximate surface area is 135 Å². The molecule has 0 atom stereocenters. The molecule has 2 N–H and O–H groups in total. The molecule has 0 heterocycles. The number of anilines is 1. The number of benzene rings is 1. The predicted octanol–water partition coefficient (Wildman–Crippen LogP) is 4.38. The first-order valence-corrected chi connectivity index (χ1v) is 7.69. The van der Waals surface area contributed by atoms with E-state index in [0.717, 1.165) is 20.2 Å². The Bertz CT molecular complexity index is 501. The fraction of sp³-hybridized carbons (Fsp3) is 0.385. The minimum absolute atomic E-state index is 0.121. The zero-order chi connectivity index (χ0) is 14.8. The molecule has 0 radical (unpaired) electrons. The first-order valence-electron chi connectivity index (χ1n) is 5.69. The van der Waals surface area contributed by atoms with Gasteiger partial charge in [0, 0.05) is 14.4 Å². The van der Waals surface area contributed by atoms with E-state index < -0.39 is 5.41 Å². The zero-order valence-corrected chi connectivity index (χ0v) is 15.2. The number of hydrogen-bond acceptors (Lipinski definition) is 2. The maximum absolute atomic E-state index is 11.8. The van der Waals surface area contributed by atoms with Crippen LogP contribution in [-0.4, -0.2) is 11.0 Å². The zero-order valence-electron chi connectivity index (χ0n) is 11.2. The molecule has 1 aromatic carbocycles. The highest BCUT2D eigenvalue weighted by Crippen LogP contribution is 2.32. The van der Waals surface area contributed by atoms with Gasteiger partial charge in [0.15, 0.2) is 5.11 Å². The third-order valence-corrected chi connectivity index (χ3v) is 3.79. The van der Waals surface area contributed by atoms with Crippen molar-refractivity contribution >= 4 is 60.8 Å². The van der Waals surface area contributed by atoms with Crippen LogP contribution in [0.2, 0.25) is 0 Å². The van der Waals surface area contributed by atoms with Gasteiger partial charge in [0.05, 0.1) is 5.69 Å². The van der Waals surface area contributed by atoms with Crippen LogP contribution in [0.3, 0.4) is 0 Å². The highest BCUT2D eigenvalue weighted by molar-refractivity contribution is 9.11. The Balaban J connectivity index is 2.82. The molecule has 0 aliphatic rings. The van der Waals surface area contributed by atoms with Crippen LogP contribution in [0.25, 0.3) is 0 Å². The summed E-state index contributed by atoms with van der Waals surface area (Å²) in [5.41, 5.74) is 1.44. The molecule has 0 saturated heterocycles. The summed E-state index contributed by atoms with van der Waals surface area (Å²) in [4.78, 5) is 11.8. The van der Waals surface area contributed by atoms with Crippen molar-refractivity contribution in [2.45, 2.75) is 27.7 Å². The molecule has 1 amide bonds. The lowest BCUT2D eigenvalue weighted by Gasteiger charge is -2.19. The third-order valence-electron chi connectivity index (χ3n) is 2.33. The number of halogens is 2. The van der Waals surface area contributed by atoms with Gasteiger partial charge in [-0.15, -0.1) is 0 Å². The standard InChI is InChI=1S/C13H16Br2N2OS/c1-7-5-8(14)10(9(15)6-7)16-12(19)17-11(18)13(2,3)4/h5-6H,1-4H3,(H2,16,17,18,19). The van der Waals surface area contributed by atoms with Crippen molar-refractivity contribution in [2.24, 2.45) is 5.41 Å². The van der Waals surface area contributed by atoms with E-state index in [4.69, 9.17) is 12.2 Å². The largest absolute Gasteiger partial charge is 0.331 e. The van der Waals surface area contributed by atoms with Crippen molar-refractivity contribution < 1.29 is 4.79 Å². The molecule has 0 unspecified atom stereocenters. The van der Waals surface area contributed by atoms with Crippen LogP contribution >= 0.6 is 44.1 Å². The highest BCUT2D eigenvalue weighted by Gasteiger charge is 2.22. The summed E-state index contributed by atoms with van der Waals surface area (Å²) in [7, 11) is 0. The van der Waals surface area contributed by atoms with Crippen molar-refractivity contribution in [1.29, 1.82) is 0 Å². The lowest BCUT2D eigenvalue weighted by atomic mass is 9.96. The van der Waals surface area contributed by atoms with E-state index in [1.54, 1.807) is 0 Å². The van der Waals surface area contributed by atoms with Crippen LogP contribution in [0, 0.1) is 12.3 Å². The van der Waals surface area contributed by atoms with E-state index in [2.05, 4.69) is 42.5 Å². The number of carbonyl (C=O) groups is 1. The van der Waals surface area contributed by atoms with E-state index in [1.165, 1.54) is 0 Å². The van der Waals surface area contributed by atoms with Gasteiger partial charge in [0.25, 0.3) is 0 Å². The van der Waals surface area contributed by atoms with Gasteiger partial charge >= 0.3 is 0 Å². The monoisotopic (exact) mass is 406 g/mol. The van der Waals surface area contributed by atoms with Gasteiger partial charge in [0.1, 0.15) is 0 Å². The number of nitrogens with one attached hydrogen (secondary N) is 2. The average Bonchev–Trinajstić information content (AvgIpc) is 2.21. The smallest absolute Gasteiger partial charge is 0.231 e. The maximum atomic E-state index is 11.8. The Kier molecular flexibility index (Phi) is 5.53. The van der Waals surface area contributed by atoms with E-state index in [9.17, 15) is 4.79 Å². The molecule has 0 aromatic heterocycles. The molecule has 0 saturated carbocycles. The molecular weight excluding hydrogens is 392 g/mol. The van der Waals surface area contributed by atoms with E-state index in [0.29, 0.717) is 0 Å². The summed E-state index contributed by atoms with van der Waals surface area (Å²) in [6.07, 6.45) is 0. The SMILES string of the molecule is Cc1cc(Br)c(NC(=S)NC(=O)C(C)(C)C)c(Br)c1. The molecule has 0 bridgehead atoms. The second-order valence-corrected chi connectivity index (χ2v) is 7.38. The van der Waals surface area contributed by atoms with Crippen molar-refractivity contribution in [1.82, 2.24) is 5.32 Å². The topological polar surface area (TPSA) is 41.1 Å². The van der Waals surface area contributed by atoms with Crippen LogP contribution in [0.4, 0.5) is 5.69 Å². The molecule has 0 aliphatic carbocycles. The van der Waals surface area contributed by atoms with Crippen LogP contribution in [-0.2, 0) is 4.79 Å². The van der Waals surface area contributed by atoms with Crippen LogP contribution in [0.15, 0.2) is 21.1 Å². The highest BCUT2D eigenvalue weighted by atomic mass is 79.9. The maximum Gasteiger partial charge on any atom is 0.231 e. The molecule has 1 rings (SSSR count). The van der Waals surface area contributed by atoms with Gasteiger partial charge in [0.2, 0.25) is 5.91 Å². The minimum Gasteiger partial charge on any atom is -0.331 e. The minimum atomic E-state index is -0.479. The molecule has 1 aromatic rings. The Morgan fingerprint density at radius 3 is 2.11 bits per heavy atom. The van der Waals surface area contributed by atoms with E-state index in [-0.39, 0.29) is 11.0 Å². The van der Waals surface area contributed by atoms with Crippen molar-refractivity contribution in [3.63, 3.8) is 0 Å². The lowest BCUT2D eigenvalue weighted by molar-refractivity contribution is -0.126. The summed E-state index contributed by atoms with van der Waals surface area (Å²) < 4.78 is 1.76. The molecule has 19 heavy (non-hydrogen) atoms. The predicted molar refractivity (Wildman–Crippen MR) is 90.4 cm³/mol. The molecule has 104 valence electrons. The average molecular weight is 408 g/mol. The molecule has 6 heteroatoms. The summed E-state index contributed by atoms with van der Waals surface area (Å²) >= 11 is 12.1. The van der Waals surface area contributed by atoms with Crippen LogP contribution in [0.1, 0.15) is 26.3 Å². The van der Waals surface area contributed by atoms with Crippen molar-refractivity contribution in [3.05, 3.63) is 26.6 Å². The van der Waals surface area contributed by atoms with E-state index in [1.807, 2.05) is 39.8 Å². The number of aryl methyl sites for hydroxylation is 1. The second kappa shape index (κ2) is 6.33. The number of rotatable bonds is 1. The lowest BCUT2D eigenvalue weighted by Crippen LogP contribution is -2.41. The number of amides is 1. The van der Waals surface area contributed by atoms with Crippen LogP contribution in [0.5, 0.6) is 0 Å². The van der Waals surface area contributed by atoms with Gasteiger partial charge in [-0.25, -0.2) is 0 Å². The fourth-order valence-electron chi connectivity index (χ4n) is 1.25. The van der Waals surface area contributed by atoms with Crippen molar-refractivity contribution in [2.75, 3.05) is 5.32 Å². The normalized spacial score (nSPS) is 11.1. The Morgan fingerprint density at radius 2 is 1.68 bits per heavy atom. The molecular formula is C13H16Br2N2OS. The Hall–Kier alpha value is -0.460. The summed E-state index contributed by atoms with van der Waals surface area (Å²) in [5, 5.41) is 5.97. The summed E-state index contributed by atoms with van der Waals surface area (Å²) in [5.74, 6) is -0.121. The van der Waals surface area contributed by atoms with Crippen molar-refractivity contribution in [3.8, 4) is 0 Å². The van der Waals surface area contributed by atoms with Crippen LogP contribution < -0.4 is 10.6 Å². The van der Waals surface area contributed by atoms with Gasteiger partial charge in [-0.1, -0.05) is 20.8 Å². The molecule has 3 nitrogen and oxygen atoms in total. The second-order valence-electron chi connectivity index (χ2n) is 5.26. The number of hydrogen-bond donors (Lipinski definition) is 2. The molecule has 0 spiro atoms. The third kappa shape index (κ3) is 4.85. The van der Waals surface area contributed by atoms with Gasteiger partial charge in [-0.2, -0.15) is 0 Å². The van der Waals surface area contributed by atoms with E-state index >= 15 is 0 Å². The summed E-state index contributed by atoms with van der Waals surface area (Å²) in [6.45, 7) is 7.51. The number of thiocarbonyl (C=S) groups is 1.